The van der Waals surface area contributed by atoms with E-state index < -0.39 is 4.92 Å². The number of nitro groups is 1. The van der Waals surface area contributed by atoms with Crippen molar-refractivity contribution in [2.45, 2.75) is 13.8 Å². The first kappa shape index (κ1) is 19.2. The fourth-order valence-electron chi connectivity index (χ4n) is 0.385. The van der Waals surface area contributed by atoms with Gasteiger partial charge in [0, 0.05) is 4.92 Å². The maximum Gasteiger partial charge on any atom is 0.194 e. The van der Waals surface area contributed by atoms with Crippen molar-refractivity contribution in [1.82, 2.24) is 5.32 Å². The van der Waals surface area contributed by atoms with Gasteiger partial charge in [-0.3, -0.25) is 10.1 Å². The van der Waals surface area contributed by atoms with Crippen molar-refractivity contribution >= 4 is 0 Å². The van der Waals surface area contributed by atoms with E-state index in [-0.39, 0.29) is 0 Å². The maximum absolute atomic E-state index is 8.81. The third-order valence-corrected chi connectivity index (χ3v) is 0.667. The Morgan fingerprint density at radius 1 is 0.933 bits per heavy atom. The van der Waals surface area contributed by atoms with Crippen LogP contribution in [0.25, 0.3) is 0 Å². The lowest BCUT2D eigenvalue weighted by Gasteiger charge is -1.69. The lowest BCUT2D eigenvalue weighted by molar-refractivity contribution is -0.445. The molecule has 0 aliphatic heterocycles. The van der Waals surface area contributed by atoms with Crippen LogP contribution in [0.3, 0.4) is 0 Å². The predicted molar refractivity (Wildman–Crippen MR) is 65.7 cm³/mol. The van der Waals surface area contributed by atoms with Gasteiger partial charge in [-0.05, 0) is 14.1 Å². The second-order valence-corrected chi connectivity index (χ2v) is 2.09. The molecule has 0 aromatic heterocycles. The topological polar surface area (TPSA) is 55.2 Å². The molecule has 0 aliphatic carbocycles. The van der Waals surface area contributed by atoms with Gasteiger partial charge in [-0.15, -0.1) is 0 Å². The van der Waals surface area contributed by atoms with Gasteiger partial charge in [0.1, 0.15) is 0 Å². The van der Waals surface area contributed by atoms with E-state index >= 15 is 0 Å². The minimum absolute atomic E-state index is 0.500. The van der Waals surface area contributed by atoms with Crippen LogP contribution in [-0.4, -0.2) is 26.1 Å². The SMILES string of the molecule is CC.CNC.C[N+](=O)[O-].c1ccccc1. The van der Waals surface area contributed by atoms with Crippen molar-refractivity contribution in [2.75, 3.05) is 21.1 Å². The maximum atomic E-state index is 8.81. The van der Waals surface area contributed by atoms with Crippen LogP contribution in [0.4, 0.5) is 0 Å². The smallest absolute Gasteiger partial charge is 0.194 e. The van der Waals surface area contributed by atoms with Crippen LogP contribution in [0, 0.1) is 10.1 Å². The van der Waals surface area contributed by atoms with Crippen molar-refractivity contribution in [3.05, 3.63) is 46.5 Å². The number of hydrogen-bond donors (Lipinski definition) is 1. The number of rotatable bonds is 0. The molecule has 4 heteroatoms. The molecule has 0 heterocycles. The molecule has 1 aromatic rings. The van der Waals surface area contributed by atoms with Gasteiger partial charge < -0.3 is 5.32 Å². The van der Waals surface area contributed by atoms with Crippen LogP contribution in [0.15, 0.2) is 36.4 Å². The standard InChI is InChI=1S/C6H6.C2H7N.C2H6.CH3NO2/c1-2-4-6-5-3-1;1-3-2;1-2;1-2(3)4/h1-6H;3H,1-2H3;1-2H3;1H3. The summed E-state index contributed by atoms with van der Waals surface area (Å²) in [5.41, 5.74) is 0. The van der Waals surface area contributed by atoms with Crippen LogP contribution in [0.5, 0.6) is 0 Å². The molecule has 1 N–H and O–H groups in total. The summed E-state index contributed by atoms with van der Waals surface area (Å²) in [7, 11) is 4.64. The van der Waals surface area contributed by atoms with Crippen LogP contribution in [0.1, 0.15) is 13.8 Å². The highest BCUT2D eigenvalue weighted by molar-refractivity contribution is 4.99. The monoisotopic (exact) mass is 214 g/mol. The lowest BCUT2D eigenvalue weighted by Crippen LogP contribution is -1.89. The molecule has 4 nitrogen and oxygen atoms in total. The van der Waals surface area contributed by atoms with Crippen LogP contribution in [-0.2, 0) is 0 Å². The van der Waals surface area contributed by atoms with Crippen molar-refractivity contribution in [2.24, 2.45) is 0 Å². The van der Waals surface area contributed by atoms with E-state index in [1.54, 1.807) is 0 Å². The lowest BCUT2D eigenvalue weighted by atomic mass is 10.4. The molecule has 0 unspecified atom stereocenters. The highest BCUT2D eigenvalue weighted by Gasteiger charge is 1.58. The fourth-order valence-corrected chi connectivity index (χ4v) is 0.385. The molecule has 0 atom stereocenters. The third-order valence-electron chi connectivity index (χ3n) is 0.667. The number of nitrogens with zero attached hydrogens (tertiary/aromatic N) is 1. The average molecular weight is 214 g/mol. The number of benzene rings is 1. The average Bonchev–Trinajstić information content (AvgIpc) is 2.24. The van der Waals surface area contributed by atoms with Gasteiger partial charge in [-0.1, -0.05) is 50.2 Å². The fraction of sp³-hybridized carbons (Fsp3) is 0.455. The van der Waals surface area contributed by atoms with E-state index in [1.165, 1.54) is 0 Å². The molecule has 0 amide bonds. The van der Waals surface area contributed by atoms with E-state index in [1.807, 2.05) is 64.3 Å². The summed E-state index contributed by atoms with van der Waals surface area (Å²) in [5, 5.41) is 11.6. The Kier molecular flexibility index (Phi) is 29.3. The van der Waals surface area contributed by atoms with Gasteiger partial charge in [-0.2, -0.15) is 0 Å². The first-order valence-electron chi connectivity index (χ1n) is 4.81. The molecule has 0 saturated heterocycles. The highest BCUT2D eigenvalue weighted by atomic mass is 16.6. The quantitative estimate of drug-likeness (QED) is 0.533. The van der Waals surface area contributed by atoms with Gasteiger partial charge in [0.2, 0.25) is 0 Å². The Bertz CT molecular complexity index is 160. The molecular formula is C11H22N2O2. The van der Waals surface area contributed by atoms with E-state index in [2.05, 4.69) is 5.32 Å². The predicted octanol–water partition coefficient (Wildman–Crippen LogP) is 2.44. The Labute approximate surface area is 92.5 Å². The molecule has 1 aromatic carbocycles. The zero-order valence-electron chi connectivity index (χ0n) is 10.2. The third kappa shape index (κ3) is 67.1. The minimum atomic E-state index is -0.500. The Morgan fingerprint density at radius 3 is 1.07 bits per heavy atom. The van der Waals surface area contributed by atoms with E-state index in [9.17, 15) is 0 Å². The first-order valence-corrected chi connectivity index (χ1v) is 4.81. The summed E-state index contributed by atoms with van der Waals surface area (Å²) < 4.78 is 0. The molecule has 0 spiro atoms. The Hall–Kier alpha value is -1.42. The molecule has 0 bridgehead atoms. The second kappa shape index (κ2) is 22.9. The van der Waals surface area contributed by atoms with Crippen molar-refractivity contribution in [3.63, 3.8) is 0 Å². The molecule has 0 saturated carbocycles. The summed E-state index contributed by atoms with van der Waals surface area (Å²) in [6.07, 6.45) is 0. The summed E-state index contributed by atoms with van der Waals surface area (Å²) >= 11 is 0. The van der Waals surface area contributed by atoms with Gasteiger partial charge >= 0.3 is 0 Å². The van der Waals surface area contributed by atoms with E-state index in [0.29, 0.717) is 0 Å². The zero-order valence-corrected chi connectivity index (χ0v) is 10.2. The van der Waals surface area contributed by atoms with E-state index in [0.717, 1.165) is 7.05 Å². The second-order valence-electron chi connectivity index (χ2n) is 2.09. The van der Waals surface area contributed by atoms with Crippen molar-refractivity contribution in [3.8, 4) is 0 Å². The molecule has 0 radical (unpaired) electrons. The normalized spacial score (nSPS) is 6.47. The summed E-state index contributed by atoms with van der Waals surface area (Å²) in [6, 6.07) is 12.0. The van der Waals surface area contributed by atoms with Gasteiger partial charge in [-0.25, -0.2) is 0 Å². The minimum Gasteiger partial charge on any atom is -0.323 e. The number of hydrogen-bond acceptors (Lipinski definition) is 3. The zero-order chi connectivity index (χ0) is 12.5. The summed E-state index contributed by atoms with van der Waals surface area (Å²) in [5.74, 6) is 0. The molecule has 1 rings (SSSR count). The van der Waals surface area contributed by atoms with E-state index in [4.69, 9.17) is 10.1 Å². The molecule has 0 fully saturated rings. The molecule has 88 valence electrons. The Morgan fingerprint density at radius 2 is 1.00 bits per heavy atom. The summed E-state index contributed by atoms with van der Waals surface area (Å²) in [4.78, 5) is 8.31. The first-order chi connectivity index (χ1) is 7.15. The van der Waals surface area contributed by atoms with Crippen LogP contribution < -0.4 is 5.32 Å². The Balaban J connectivity index is -0.000000142. The van der Waals surface area contributed by atoms with Crippen molar-refractivity contribution in [1.29, 1.82) is 0 Å². The van der Waals surface area contributed by atoms with Gasteiger partial charge in [0.15, 0.2) is 7.05 Å². The van der Waals surface area contributed by atoms with Crippen molar-refractivity contribution < 1.29 is 4.92 Å². The molecule has 0 aliphatic rings. The molecule has 15 heavy (non-hydrogen) atoms. The largest absolute Gasteiger partial charge is 0.323 e. The summed E-state index contributed by atoms with van der Waals surface area (Å²) in [6.45, 7) is 4.00. The van der Waals surface area contributed by atoms with Crippen LogP contribution in [0.2, 0.25) is 0 Å². The van der Waals surface area contributed by atoms with Crippen LogP contribution >= 0.6 is 0 Å². The van der Waals surface area contributed by atoms with Gasteiger partial charge in [0.05, 0.1) is 0 Å². The van der Waals surface area contributed by atoms with Gasteiger partial charge in [0.25, 0.3) is 0 Å². The number of nitrogens with one attached hydrogen (secondary N) is 1. The molecular weight excluding hydrogens is 192 g/mol. The highest BCUT2D eigenvalue weighted by Crippen LogP contribution is 1.79.